The first-order chi connectivity index (χ1) is 8.36. The smallest absolute Gasteiger partial charge is 0.364 e. The summed E-state index contributed by atoms with van der Waals surface area (Å²) in [6.45, 7) is 0. The number of methoxy groups -OCH3 is 1. The quantitative estimate of drug-likeness (QED) is 0.351. The van der Waals surface area contributed by atoms with Gasteiger partial charge in [-0.1, -0.05) is 0 Å². The molecular weight excluding hydrogens is 365 g/mol. The number of rotatable bonds is 4. The summed E-state index contributed by atoms with van der Waals surface area (Å²) in [5.41, 5.74) is -0.818. The van der Waals surface area contributed by atoms with Crippen LogP contribution < -0.4 is 0 Å². The Morgan fingerprint density at radius 2 is 2.28 bits per heavy atom. The number of carbonyl (C=O) groups excluding carboxylic acids is 1. The molecule has 0 saturated heterocycles. The Hall–Kier alpha value is -1.39. The Morgan fingerprint density at radius 1 is 1.67 bits per heavy atom. The van der Waals surface area contributed by atoms with Crippen LogP contribution in [0.1, 0.15) is 17.7 Å². The number of nitro groups is 1. The van der Waals surface area contributed by atoms with Crippen molar-refractivity contribution in [3.8, 4) is 0 Å². The molecule has 9 heteroatoms. The fraction of sp³-hybridized carbons (Fsp3) is 0.333. The molecule has 0 unspecified atom stereocenters. The lowest BCUT2D eigenvalue weighted by Crippen LogP contribution is -2.11. The summed E-state index contributed by atoms with van der Waals surface area (Å²) in [7, 11) is 1.09. The number of carbonyl (C=O) groups is 1. The van der Waals surface area contributed by atoms with Crippen molar-refractivity contribution < 1.29 is 23.2 Å². The molecule has 0 spiro atoms. The number of hydrogen-bond acceptors (Lipinski definition) is 5. The molecule has 1 aromatic rings. The summed E-state index contributed by atoms with van der Waals surface area (Å²) >= 11 is 1.54. The molecule has 0 aromatic carbocycles. The van der Waals surface area contributed by atoms with E-state index >= 15 is 0 Å². The van der Waals surface area contributed by atoms with Crippen molar-refractivity contribution in [1.29, 1.82) is 0 Å². The molecule has 0 aliphatic carbocycles. The number of nitrogens with zero attached hydrogens (tertiary/aromatic N) is 2. The van der Waals surface area contributed by atoms with Crippen LogP contribution in [0, 0.1) is 13.7 Å². The van der Waals surface area contributed by atoms with Crippen LogP contribution in [0.25, 0.3) is 0 Å². The number of pyridine rings is 1. The van der Waals surface area contributed by atoms with Crippen LogP contribution in [0.5, 0.6) is 0 Å². The molecule has 0 fully saturated rings. The van der Waals surface area contributed by atoms with Crippen LogP contribution in [-0.2, 0) is 16.0 Å². The average Bonchev–Trinajstić information content (AvgIpc) is 2.27. The predicted molar refractivity (Wildman–Crippen MR) is 64.3 cm³/mol. The molecule has 0 aliphatic heterocycles. The lowest BCUT2D eigenvalue weighted by molar-refractivity contribution is -0.389. The van der Waals surface area contributed by atoms with E-state index in [2.05, 4.69) is 9.72 Å². The van der Waals surface area contributed by atoms with E-state index in [1.165, 1.54) is 0 Å². The molecular formula is C9H7F2IN2O4. The van der Waals surface area contributed by atoms with Crippen LogP contribution in [-0.4, -0.2) is 23.0 Å². The summed E-state index contributed by atoms with van der Waals surface area (Å²) in [5.74, 6) is -1.37. The Balaban J connectivity index is 3.33. The minimum atomic E-state index is -2.87. The second kappa shape index (κ2) is 5.98. The molecule has 98 valence electrons. The number of aromatic nitrogens is 1. The van der Waals surface area contributed by atoms with E-state index in [9.17, 15) is 23.7 Å². The first kappa shape index (κ1) is 14.7. The topological polar surface area (TPSA) is 82.3 Å². The number of ether oxygens (including phenoxy) is 1. The van der Waals surface area contributed by atoms with Crippen molar-refractivity contribution in [3.05, 3.63) is 31.0 Å². The van der Waals surface area contributed by atoms with Crippen molar-refractivity contribution in [1.82, 2.24) is 4.98 Å². The molecule has 0 saturated carbocycles. The maximum Gasteiger partial charge on any atom is 0.364 e. The molecule has 0 N–H and O–H groups in total. The zero-order valence-electron chi connectivity index (χ0n) is 9.02. The number of halogens is 3. The molecule has 1 rings (SSSR count). The Morgan fingerprint density at radius 3 is 2.72 bits per heavy atom. The third kappa shape index (κ3) is 3.31. The molecule has 1 aromatic heterocycles. The van der Waals surface area contributed by atoms with Gasteiger partial charge in [-0.05, 0) is 32.5 Å². The summed E-state index contributed by atoms with van der Waals surface area (Å²) in [4.78, 5) is 24.3. The normalized spacial score (nSPS) is 10.5. The second-order valence-corrected chi connectivity index (χ2v) is 4.30. The zero-order chi connectivity index (χ0) is 13.9. The summed E-state index contributed by atoms with van der Waals surface area (Å²) in [6.07, 6.45) is -3.40. The standard InChI is InChI=1S/C9H7F2IN2O4/c1-18-7(15)3-5-8(9(10)11)4(12)2-6(13-5)14(16)17/h2,9H,3H2,1H3. The molecule has 0 atom stereocenters. The number of alkyl halides is 2. The highest BCUT2D eigenvalue weighted by molar-refractivity contribution is 14.1. The van der Waals surface area contributed by atoms with Crippen molar-refractivity contribution >= 4 is 34.4 Å². The van der Waals surface area contributed by atoms with E-state index in [-0.39, 0.29) is 9.26 Å². The Kier molecular flexibility index (Phi) is 4.87. The molecule has 1 heterocycles. The van der Waals surface area contributed by atoms with Crippen LogP contribution in [0.4, 0.5) is 14.6 Å². The van der Waals surface area contributed by atoms with Gasteiger partial charge in [0.1, 0.15) is 6.42 Å². The highest BCUT2D eigenvalue weighted by atomic mass is 127. The van der Waals surface area contributed by atoms with Crippen molar-refractivity contribution in [2.24, 2.45) is 0 Å². The van der Waals surface area contributed by atoms with Gasteiger partial charge < -0.3 is 14.9 Å². The zero-order valence-corrected chi connectivity index (χ0v) is 11.2. The molecule has 6 nitrogen and oxygen atoms in total. The molecule has 0 amide bonds. The maximum atomic E-state index is 12.8. The average molecular weight is 372 g/mol. The van der Waals surface area contributed by atoms with E-state index in [1.54, 1.807) is 22.6 Å². The molecule has 0 aliphatic rings. The third-order valence-electron chi connectivity index (χ3n) is 2.02. The van der Waals surface area contributed by atoms with Crippen LogP contribution in [0.2, 0.25) is 0 Å². The fourth-order valence-corrected chi connectivity index (χ4v) is 2.05. The lowest BCUT2D eigenvalue weighted by Gasteiger charge is -2.06. The van der Waals surface area contributed by atoms with Gasteiger partial charge in [0.2, 0.25) is 0 Å². The van der Waals surface area contributed by atoms with Crippen LogP contribution >= 0.6 is 22.6 Å². The van der Waals surface area contributed by atoms with E-state index in [0.29, 0.717) is 0 Å². The monoisotopic (exact) mass is 372 g/mol. The highest BCUT2D eigenvalue weighted by Gasteiger charge is 2.27. The van der Waals surface area contributed by atoms with Crippen molar-refractivity contribution in [2.75, 3.05) is 7.11 Å². The SMILES string of the molecule is COC(=O)Cc1nc([N+](=O)[O-])cc(I)c1C(F)F. The lowest BCUT2D eigenvalue weighted by atomic mass is 10.1. The second-order valence-electron chi connectivity index (χ2n) is 3.13. The van der Waals surface area contributed by atoms with Gasteiger partial charge >= 0.3 is 11.8 Å². The van der Waals surface area contributed by atoms with Gasteiger partial charge in [0.25, 0.3) is 6.43 Å². The number of hydrogen-bond donors (Lipinski definition) is 0. The van der Waals surface area contributed by atoms with Crippen molar-refractivity contribution in [2.45, 2.75) is 12.8 Å². The summed E-state index contributed by atoms with van der Waals surface area (Å²) in [6, 6.07) is 0.933. The van der Waals surface area contributed by atoms with Crippen molar-refractivity contribution in [3.63, 3.8) is 0 Å². The van der Waals surface area contributed by atoms with Crippen LogP contribution in [0.15, 0.2) is 6.07 Å². The van der Waals surface area contributed by atoms with Gasteiger partial charge in [-0.3, -0.25) is 4.79 Å². The third-order valence-corrected chi connectivity index (χ3v) is 2.91. The highest BCUT2D eigenvalue weighted by Crippen LogP contribution is 2.30. The number of esters is 1. The maximum absolute atomic E-state index is 12.8. The van der Waals surface area contributed by atoms with E-state index in [4.69, 9.17) is 0 Å². The van der Waals surface area contributed by atoms with E-state index < -0.39 is 35.1 Å². The molecule has 18 heavy (non-hydrogen) atoms. The minimum Gasteiger partial charge on any atom is -0.469 e. The Labute approximate surface area is 114 Å². The van der Waals surface area contributed by atoms with Gasteiger partial charge in [0.05, 0.1) is 12.7 Å². The van der Waals surface area contributed by atoms with Gasteiger partial charge in [0.15, 0.2) is 5.69 Å². The summed E-state index contributed by atoms with van der Waals surface area (Å²) in [5, 5.41) is 10.6. The largest absolute Gasteiger partial charge is 0.469 e. The van der Waals surface area contributed by atoms with E-state index in [0.717, 1.165) is 13.2 Å². The van der Waals surface area contributed by atoms with Crippen LogP contribution in [0.3, 0.4) is 0 Å². The van der Waals surface area contributed by atoms with Gasteiger partial charge in [-0.15, -0.1) is 0 Å². The first-order valence-corrected chi connectivity index (χ1v) is 5.63. The first-order valence-electron chi connectivity index (χ1n) is 4.55. The predicted octanol–water partition coefficient (Wildman–Crippen LogP) is 2.25. The van der Waals surface area contributed by atoms with Gasteiger partial charge in [-0.25, -0.2) is 8.78 Å². The minimum absolute atomic E-state index is 0.0109. The Bertz CT molecular complexity index is 496. The molecule has 0 radical (unpaired) electrons. The van der Waals surface area contributed by atoms with E-state index in [1.807, 2.05) is 0 Å². The summed E-state index contributed by atoms with van der Waals surface area (Å²) < 4.78 is 29.9. The van der Waals surface area contributed by atoms with Gasteiger partial charge in [0, 0.05) is 9.64 Å². The van der Waals surface area contributed by atoms with Gasteiger partial charge in [-0.2, -0.15) is 0 Å². The fourth-order valence-electron chi connectivity index (χ4n) is 1.23. The molecule has 0 bridgehead atoms.